The first-order valence-electron chi connectivity index (χ1n) is 1.13. The van der Waals surface area contributed by atoms with Gasteiger partial charge in [0.2, 0.25) is 0 Å². The first-order chi connectivity index (χ1) is 3.46. The molecule has 68 valence electrons. The first kappa shape index (κ1) is 31.6. The quantitative estimate of drug-likeness (QED) is 0.338. The maximum absolute atomic E-state index is 8.36. The van der Waals surface area contributed by atoms with Gasteiger partial charge in [-0.25, -0.2) is 0 Å². The number of nitrogens with zero attached hydrogens (tertiary/aromatic N) is 2. The molecule has 0 fully saturated rings. The van der Waals surface area contributed by atoms with Crippen molar-refractivity contribution in [3.63, 3.8) is 0 Å². The zero-order chi connectivity index (χ0) is 7.15. The topological polar surface area (TPSA) is 190 Å². The Bertz CT molecular complexity index is 70.1. The average molecular weight is 400 g/mol. The van der Waals surface area contributed by atoms with E-state index in [0.717, 1.165) is 0 Å². The van der Waals surface area contributed by atoms with Crippen molar-refractivity contribution in [2.75, 3.05) is 0 Å². The van der Waals surface area contributed by atoms with Crippen LogP contribution in [0.2, 0.25) is 0 Å². The molecule has 0 amide bonds. The second-order valence-corrected chi connectivity index (χ2v) is 0.476. The summed E-state index contributed by atoms with van der Waals surface area (Å²) < 4.78 is 0. The summed E-state index contributed by atoms with van der Waals surface area (Å²) in [6, 6.07) is 0. The van der Waals surface area contributed by atoms with Crippen LogP contribution >= 0.6 is 0 Å². The second-order valence-electron chi connectivity index (χ2n) is 0.476. The molecule has 11 heavy (non-hydrogen) atoms. The van der Waals surface area contributed by atoms with E-state index in [-0.39, 0.29) is 42.1 Å². The molecular weight excluding hydrogens is 394 g/mol. The van der Waals surface area contributed by atoms with Crippen molar-refractivity contribution in [1.82, 2.24) is 0 Å². The van der Waals surface area contributed by atoms with E-state index in [1.807, 2.05) is 0 Å². The fourth-order valence-corrected chi connectivity index (χ4v) is 0. The summed E-state index contributed by atoms with van der Waals surface area (Å²) in [6.07, 6.45) is 0. The van der Waals surface area contributed by atoms with Crippen LogP contribution in [0.1, 0.15) is 0 Å². The minimum atomic E-state index is -1.50. The van der Waals surface area contributed by atoms with Crippen LogP contribution in [0.3, 0.4) is 0 Å². The summed E-state index contributed by atoms with van der Waals surface area (Å²) in [6.45, 7) is 0. The normalized spacial score (nSPS) is 4.36. The van der Waals surface area contributed by atoms with Crippen LogP contribution in [0, 0.1) is 51.3 Å². The van der Waals surface area contributed by atoms with Crippen LogP contribution in [-0.2, 0) is 0 Å². The van der Waals surface area contributed by atoms with Crippen LogP contribution < -0.4 is 0 Å². The Labute approximate surface area is 83.0 Å². The van der Waals surface area contributed by atoms with Crippen LogP contribution in [0.5, 0.6) is 0 Å². The molecule has 11 heteroatoms. The fourth-order valence-electron chi connectivity index (χ4n) is 0. The molecule has 0 aromatic heterocycles. The van der Waals surface area contributed by atoms with Gasteiger partial charge in [0.15, 0.2) is 0 Å². The Hall–Kier alpha value is -0.628. The molecule has 0 heterocycles. The smallest absolute Gasteiger partial charge is 0.291 e. The molecule has 0 aromatic carbocycles. The standard InChI is InChI=1S/2HNO3.2H2O.U/c2*2-1(3)4;;;/h2*(H,2,3,4);2*1H2;. The van der Waals surface area contributed by atoms with E-state index < -0.39 is 10.2 Å². The molecule has 0 aliphatic rings. The van der Waals surface area contributed by atoms with E-state index in [4.69, 9.17) is 30.6 Å². The van der Waals surface area contributed by atoms with Gasteiger partial charge in [0.05, 0.1) is 0 Å². The molecule has 0 spiro atoms. The summed E-state index contributed by atoms with van der Waals surface area (Å²) in [7, 11) is 0. The van der Waals surface area contributed by atoms with E-state index in [1.165, 1.54) is 0 Å². The van der Waals surface area contributed by atoms with Crippen molar-refractivity contribution in [1.29, 1.82) is 0 Å². The molecule has 0 saturated heterocycles. The molecule has 6 N–H and O–H groups in total. The number of rotatable bonds is 0. The van der Waals surface area contributed by atoms with E-state index in [1.54, 1.807) is 0 Å². The molecular formula is H6N2O8U. The third-order valence-electron chi connectivity index (χ3n) is 0. The van der Waals surface area contributed by atoms with E-state index in [2.05, 4.69) is 0 Å². The maximum Gasteiger partial charge on any atom is 0.291 e. The van der Waals surface area contributed by atoms with Gasteiger partial charge in [-0.15, -0.1) is 20.2 Å². The van der Waals surface area contributed by atoms with Crippen molar-refractivity contribution in [3.8, 4) is 0 Å². The molecule has 0 aliphatic heterocycles. The largest absolute Gasteiger partial charge is 0.412 e. The van der Waals surface area contributed by atoms with Gasteiger partial charge in [-0.3, -0.25) is 0 Å². The van der Waals surface area contributed by atoms with Gasteiger partial charge in [-0.1, -0.05) is 0 Å². The maximum atomic E-state index is 8.36. The Balaban J connectivity index is -0.0000000171. The zero-order valence-corrected chi connectivity index (χ0v) is 9.09. The predicted octanol–water partition coefficient (Wildman–Crippen LogP) is -2.34. The third-order valence-corrected chi connectivity index (χ3v) is 0. The summed E-state index contributed by atoms with van der Waals surface area (Å²) in [4.78, 5) is 16.7. The van der Waals surface area contributed by atoms with E-state index >= 15 is 0 Å². The Morgan fingerprint density at radius 3 is 0.909 bits per heavy atom. The van der Waals surface area contributed by atoms with Crippen molar-refractivity contribution in [2.45, 2.75) is 0 Å². The summed E-state index contributed by atoms with van der Waals surface area (Å²) in [5, 5.41) is 27.3. The molecule has 0 rings (SSSR count). The molecule has 0 unspecified atom stereocenters. The van der Waals surface area contributed by atoms with Gasteiger partial charge in [0.25, 0.3) is 10.2 Å². The van der Waals surface area contributed by atoms with Gasteiger partial charge in [0, 0.05) is 31.1 Å². The predicted molar refractivity (Wildman–Crippen MR) is 24.8 cm³/mol. The van der Waals surface area contributed by atoms with Crippen LogP contribution in [0.4, 0.5) is 0 Å². The molecule has 10 nitrogen and oxygen atoms in total. The van der Waals surface area contributed by atoms with Gasteiger partial charge in [-0.05, 0) is 0 Å². The minimum absolute atomic E-state index is 0. The van der Waals surface area contributed by atoms with Crippen molar-refractivity contribution in [2.24, 2.45) is 0 Å². The number of hydrogen-bond acceptors (Lipinski definition) is 4. The molecule has 0 saturated carbocycles. The minimum Gasteiger partial charge on any atom is -0.412 e. The summed E-state index contributed by atoms with van der Waals surface area (Å²) >= 11 is 0. The van der Waals surface area contributed by atoms with Gasteiger partial charge in [-0.2, -0.15) is 0 Å². The van der Waals surface area contributed by atoms with E-state index in [0.29, 0.717) is 0 Å². The molecule has 0 radical (unpaired) electrons. The Kier molecular flexibility index (Phi) is 65.3. The molecule has 0 aromatic rings. The van der Waals surface area contributed by atoms with Crippen LogP contribution in [0.25, 0.3) is 0 Å². The van der Waals surface area contributed by atoms with Gasteiger partial charge in [0.1, 0.15) is 0 Å². The summed E-state index contributed by atoms with van der Waals surface area (Å²) in [5.74, 6) is 0. The second kappa shape index (κ2) is 22.8. The Morgan fingerprint density at radius 2 is 0.909 bits per heavy atom. The van der Waals surface area contributed by atoms with E-state index in [9.17, 15) is 0 Å². The van der Waals surface area contributed by atoms with Crippen molar-refractivity contribution < 1.29 is 62.7 Å². The van der Waals surface area contributed by atoms with Crippen LogP contribution in [0.15, 0.2) is 0 Å². The average Bonchev–Trinajstić information content (AvgIpc) is 1.25. The third kappa shape index (κ3) is 1290. The molecule has 0 aliphatic carbocycles. The van der Waals surface area contributed by atoms with Crippen LogP contribution in [-0.4, -0.2) is 31.5 Å². The van der Waals surface area contributed by atoms with Gasteiger partial charge < -0.3 is 21.4 Å². The molecule has 0 bridgehead atoms. The van der Waals surface area contributed by atoms with Crippen molar-refractivity contribution >= 4 is 0 Å². The van der Waals surface area contributed by atoms with Crippen molar-refractivity contribution in [3.05, 3.63) is 20.2 Å². The monoisotopic (exact) mass is 400 g/mol. The SMILES string of the molecule is O.O.O=[N+]([O-])O.O=[N+]([O-])O.[U]. The first-order valence-corrected chi connectivity index (χ1v) is 1.13. The number of hydrogen-bond donors (Lipinski definition) is 2. The molecule has 0 atom stereocenters. The Morgan fingerprint density at radius 1 is 0.909 bits per heavy atom. The van der Waals surface area contributed by atoms with Gasteiger partial charge >= 0.3 is 0 Å². The zero-order valence-electron chi connectivity index (χ0n) is 4.92. The summed E-state index contributed by atoms with van der Waals surface area (Å²) in [5.41, 5.74) is 0. The fraction of sp³-hybridized carbons (Fsp3) is 0.